The number of halogens is 4. The lowest BCUT2D eigenvalue weighted by Crippen LogP contribution is -2.20. The van der Waals surface area contributed by atoms with Crippen molar-refractivity contribution in [2.45, 2.75) is 11.7 Å². The van der Waals surface area contributed by atoms with Crippen LogP contribution in [0.1, 0.15) is 16.1 Å². The van der Waals surface area contributed by atoms with Gasteiger partial charge < -0.3 is 14.6 Å². The van der Waals surface area contributed by atoms with E-state index in [4.69, 9.17) is 5.11 Å². The first-order valence-corrected chi connectivity index (χ1v) is 5.53. The zero-order valence-corrected chi connectivity index (χ0v) is 10.5. The molecule has 1 rings (SSSR count). The number of ether oxygens (including phenoxy) is 2. The van der Waals surface area contributed by atoms with Gasteiger partial charge in [0, 0.05) is 10.9 Å². The van der Waals surface area contributed by atoms with Crippen molar-refractivity contribution in [3.8, 4) is 11.5 Å². The van der Waals surface area contributed by atoms with Crippen LogP contribution in [-0.2, 0) is 5.33 Å². The van der Waals surface area contributed by atoms with Crippen LogP contribution >= 0.6 is 15.9 Å². The maximum atomic E-state index is 12.2. The molecule has 0 unspecified atom stereocenters. The van der Waals surface area contributed by atoms with Gasteiger partial charge in [-0.1, -0.05) is 15.9 Å². The highest BCUT2D eigenvalue weighted by Crippen LogP contribution is 2.37. The van der Waals surface area contributed by atoms with E-state index in [1.165, 1.54) is 0 Å². The van der Waals surface area contributed by atoms with Crippen LogP contribution in [0.4, 0.5) is 13.2 Å². The SMILES string of the molecule is COc1cnc(C(=O)O)c(CBr)c1OC(F)(F)F. The van der Waals surface area contributed by atoms with Gasteiger partial charge in [0.2, 0.25) is 0 Å². The normalized spacial score (nSPS) is 11.2. The number of carbonyl (C=O) groups is 1. The highest BCUT2D eigenvalue weighted by molar-refractivity contribution is 9.08. The molecule has 1 heterocycles. The Morgan fingerprint density at radius 3 is 2.56 bits per heavy atom. The fourth-order valence-corrected chi connectivity index (χ4v) is 1.72. The van der Waals surface area contributed by atoms with E-state index in [9.17, 15) is 18.0 Å². The van der Waals surface area contributed by atoms with Crippen molar-refractivity contribution in [3.63, 3.8) is 0 Å². The summed E-state index contributed by atoms with van der Waals surface area (Å²) < 4.78 is 45.2. The molecule has 18 heavy (non-hydrogen) atoms. The molecule has 9 heteroatoms. The van der Waals surface area contributed by atoms with Crippen molar-refractivity contribution in [1.29, 1.82) is 0 Å². The summed E-state index contributed by atoms with van der Waals surface area (Å²) in [6.07, 6.45) is -4.10. The van der Waals surface area contributed by atoms with E-state index in [0.717, 1.165) is 13.3 Å². The minimum absolute atomic E-state index is 0.176. The van der Waals surface area contributed by atoms with Gasteiger partial charge in [-0.15, -0.1) is 13.2 Å². The predicted molar refractivity (Wildman–Crippen MR) is 57.1 cm³/mol. The van der Waals surface area contributed by atoms with Crippen molar-refractivity contribution in [1.82, 2.24) is 4.98 Å². The summed E-state index contributed by atoms with van der Waals surface area (Å²) in [6.45, 7) is 0. The summed E-state index contributed by atoms with van der Waals surface area (Å²) in [5, 5.41) is 8.65. The Balaban J connectivity index is 3.41. The van der Waals surface area contributed by atoms with Crippen molar-refractivity contribution < 1.29 is 32.5 Å². The van der Waals surface area contributed by atoms with Crippen LogP contribution in [0.2, 0.25) is 0 Å². The Kier molecular flexibility index (Phi) is 4.38. The molecule has 0 saturated carbocycles. The minimum Gasteiger partial charge on any atom is -0.491 e. The standard InChI is InChI=1S/C9H7BrF3NO4/c1-17-5-3-14-6(8(15)16)4(2-10)7(5)18-9(11,12)13/h3H,2H2,1H3,(H,15,16). The Morgan fingerprint density at radius 2 is 2.17 bits per heavy atom. The van der Waals surface area contributed by atoms with Gasteiger partial charge in [0.25, 0.3) is 0 Å². The molecule has 0 fully saturated rings. The lowest BCUT2D eigenvalue weighted by atomic mass is 10.2. The van der Waals surface area contributed by atoms with Gasteiger partial charge in [-0.2, -0.15) is 0 Å². The number of hydrogen-bond donors (Lipinski definition) is 1. The van der Waals surface area contributed by atoms with E-state index in [0.29, 0.717) is 0 Å². The maximum absolute atomic E-state index is 12.2. The first-order valence-electron chi connectivity index (χ1n) is 4.41. The molecule has 100 valence electrons. The Hall–Kier alpha value is -1.51. The molecule has 5 nitrogen and oxygen atoms in total. The number of pyridine rings is 1. The van der Waals surface area contributed by atoms with Crippen LogP contribution in [0.25, 0.3) is 0 Å². The third-order valence-corrected chi connectivity index (χ3v) is 2.43. The molecule has 0 aliphatic carbocycles. The molecule has 0 aliphatic rings. The minimum atomic E-state index is -4.96. The number of alkyl halides is 4. The lowest BCUT2D eigenvalue weighted by molar-refractivity contribution is -0.275. The topological polar surface area (TPSA) is 68.7 Å². The number of methoxy groups -OCH3 is 1. The second-order valence-electron chi connectivity index (χ2n) is 2.97. The van der Waals surface area contributed by atoms with Crippen LogP contribution in [-0.4, -0.2) is 29.5 Å². The number of carboxylic acid groups (broad SMARTS) is 1. The largest absolute Gasteiger partial charge is 0.573 e. The van der Waals surface area contributed by atoms with Crippen LogP contribution < -0.4 is 9.47 Å². The molecule has 0 aromatic carbocycles. The van der Waals surface area contributed by atoms with Gasteiger partial charge in [0.1, 0.15) is 0 Å². The number of aromatic carboxylic acids is 1. The molecular weight excluding hydrogens is 323 g/mol. The van der Waals surface area contributed by atoms with Crippen LogP contribution in [0.5, 0.6) is 11.5 Å². The second-order valence-corrected chi connectivity index (χ2v) is 3.53. The van der Waals surface area contributed by atoms with Gasteiger partial charge in [0.05, 0.1) is 13.3 Å². The molecule has 1 aromatic rings. The van der Waals surface area contributed by atoms with E-state index < -0.39 is 23.8 Å². The van der Waals surface area contributed by atoms with E-state index in [1.54, 1.807) is 0 Å². The molecule has 0 bridgehead atoms. The first-order chi connectivity index (χ1) is 8.30. The maximum Gasteiger partial charge on any atom is 0.573 e. The molecule has 0 aliphatic heterocycles. The van der Waals surface area contributed by atoms with Crippen molar-refractivity contribution in [2.24, 2.45) is 0 Å². The summed E-state index contributed by atoms with van der Waals surface area (Å²) in [7, 11) is 1.12. The predicted octanol–water partition coefficient (Wildman–Crippen LogP) is 2.58. The van der Waals surface area contributed by atoms with Crippen LogP contribution in [0, 0.1) is 0 Å². The van der Waals surface area contributed by atoms with E-state index in [-0.39, 0.29) is 16.6 Å². The smallest absolute Gasteiger partial charge is 0.491 e. The molecule has 0 amide bonds. The zero-order chi connectivity index (χ0) is 13.9. The molecule has 0 atom stereocenters. The molecule has 1 aromatic heterocycles. The number of hydrogen-bond acceptors (Lipinski definition) is 4. The van der Waals surface area contributed by atoms with Crippen molar-refractivity contribution in [2.75, 3.05) is 7.11 Å². The average Bonchev–Trinajstić information content (AvgIpc) is 2.26. The van der Waals surface area contributed by atoms with Gasteiger partial charge >= 0.3 is 12.3 Å². The molecule has 1 N–H and O–H groups in total. The quantitative estimate of drug-likeness (QED) is 0.860. The summed E-state index contributed by atoms with van der Waals surface area (Å²) in [4.78, 5) is 14.3. The first kappa shape index (κ1) is 14.6. The van der Waals surface area contributed by atoms with Crippen LogP contribution in [0.15, 0.2) is 6.20 Å². The third kappa shape index (κ3) is 3.25. The fourth-order valence-electron chi connectivity index (χ4n) is 1.20. The lowest BCUT2D eigenvalue weighted by Gasteiger charge is -2.16. The molecule has 0 radical (unpaired) electrons. The number of nitrogens with zero attached hydrogens (tertiary/aromatic N) is 1. The van der Waals surface area contributed by atoms with Crippen molar-refractivity contribution >= 4 is 21.9 Å². The summed E-state index contributed by atoms with van der Waals surface area (Å²) in [6, 6.07) is 0. The number of carboxylic acids is 1. The van der Waals surface area contributed by atoms with Crippen molar-refractivity contribution in [3.05, 3.63) is 17.5 Å². The third-order valence-electron chi connectivity index (χ3n) is 1.87. The average molecular weight is 330 g/mol. The monoisotopic (exact) mass is 329 g/mol. The Morgan fingerprint density at radius 1 is 1.56 bits per heavy atom. The number of rotatable bonds is 4. The summed E-state index contributed by atoms with van der Waals surface area (Å²) >= 11 is 2.89. The fraction of sp³-hybridized carbons (Fsp3) is 0.333. The molecule has 0 spiro atoms. The van der Waals surface area contributed by atoms with Gasteiger partial charge in [-0.3, -0.25) is 0 Å². The highest BCUT2D eigenvalue weighted by atomic mass is 79.9. The van der Waals surface area contributed by atoms with Gasteiger partial charge in [0.15, 0.2) is 17.2 Å². The second kappa shape index (κ2) is 5.42. The van der Waals surface area contributed by atoms with E-state index in [2.05, 4.69) is 30.4 Å². The van der Waals surface area contributed by atoms with E-state index in [1.807, 2.05) is 0 Å². The van der Waals surface area contributed by atoms with Crippen LogP contribution in [0.3, 0.4) is 0 Å². The molecule has 0 saturated heterocycles. The molecular formula is C9H7BrF3NO4. The summed E-state index contributed by atoms with van der Waals surface area (Å²) in [5.74, 6) is -2.47. The summed E-state index contributed by atoms with van der Waals surface area (Å²) in [5.41, 5.74) is -0.786. The van der Waals surface area contributed by atoms with Gasteiger partial charge in [-0.05, 0) is 0 Å². The highest BCUT2D eigenvalue weighted by Gasteiger charge is 2.35. The Bertz CT molecular complexity index is 464. The number of aromatic nitrogens is 1. The Labute approximate surface area is 108 Å². The van der Waals surface area contributed by atoms with Gasteiger partial charge in [-0.25, -0.2) is 9.78 Å². The van der Waals surface area contributed by atoms with E-state index >= 15 is 0 Å². The zero-order valence-electron chi connectivity index (χ0n) is 8.92.